The Morgan fingerprint density at radius 3 is 2.44 bits per heavy atom. The largest absolute Gasteiger partial charge is 0.380 e. The third-order valence-corrected chi connectivity index (χ3v) is 6.02. The van der Waals surface area contributed by atoms with Crippen LogP contribution in [-0.2, 0) is 0 Å². The minimum atomic E-state index is 0.435. The maximum absolute atomic E-state index is 3.69. The van der Waals surface area contributed by atoms with Crippen molar-refractivity contribution in [2.45, 2.75) is 33.2 Å². The molecule has 1 aromatic rings. The second-order valence-electron chi connectivity index (χ2n) is 5.83. The molecule has 1 N–H and O–H groups in total. The van der Waals surface area contributed by atoms with Crippen LogP contribution >= 0.6 is 43.6 Å². The van der Waals surface area contributed by atoms with Crippen LogP contribution in [0.3, 0.4) is 0 Å². The summed E-state index contributed by atoms with van der Waals surface area (Å²) in [5, 5.41) is 3.69. The zero-order chi connectivity index (χ0) is 13.3. The lowest BCUT2D eigenvalue weighted by Crippen LogP contribution is -2.35. The van der Waals surface area contributed by atoms with Gasteiger partial charge in [-0.2, -0.15) is 11.8 Å². The summed E-state index contributed by atoms with van der Waals surface area (Å²) in [5.41, 5.74) is 2.88. The standard InChI is InChI=1S/C14H19Br2NS/c1-9-4-11(15)13(12(16)5-9)17-10-6-14(2,3)8-18-7-10/h4-5,10,17H,6-8H2,1-3H3. The fraction of sp³-hybridized carbons (Fsp3) is 0.571. The Hall–Kier alpha value is 0.330. The van der Waals surface area contributed by atoms with Gasteiger partial charge >= 0.3 is 0 Å². The van der Waals surface area contributed by atoms with Crippen molar-refractivity contribution in [3.05, 3.63) is 26.6 Å². The summed E-state index contributed by atoms with van der Waals surface area (Å²) in [7, 11) is 0. The van der Waals surface area contributed by atoms with Crippen molar-refractivity contribution in [2.75, 3.05) is 16.8 Å². The molecule has 2 rings (SSSR count). The smallest absolute Gasteiger partial charge is 0.0631 e. The number of aryl methyl sites for hydroxylation is 1. The Labute approximate surface area is 131 Å². The molecule has 1 fully saturated rings. The quantitative estimate of drug-likeness (QED) is 0.716. The minimum Gasteiger partial charge on any atom is -0.380 e. The first kappa shape index (κ1) is 14.7. The normalized spacial score (nSPS) is 22.8. The summed E-state index contributed by atoms with van der Waals surface area (Å²) in [5.74, 6) is 2.46. The van der Waals surface area contributed by atoms with E-state index in [-0.39, 0.29) is 0 Å². The molecule has 0 amide bonds. The number of anilines is 1. The van der Waals surface area contributed by atoms with E-state index < -0.39 is 0 Å². The van der Waals surface area contributed by atoms with Gasteiger partial charge in [-0.05, 0) is 74.1 Å². The molecular formula is C14H19Br2NS. The Morgan fingerprint density at radius 1 is 1.28 bits per heavy atom. The summed E-state index contributed by atoms with van der Waals surface area (Å²) < 4.78 is 2.28. The van der Waals surface area contributed by atoms with Crippen LogP contribution in [0.1, 0.15) is 25.8 Å². The highest BCUT2D eigenvalue weighted by Crippen LogP contribution is 2.38. The average molecular weight is 393 g/mol. The number of halogens is 2. The fourth-order valence-corrected chi connectivity index (χ4v) is 5.32. The lowest BCUT2D eigenvalue weighted by molar-refractivity contribution is 0.358. The maximum Gasteiger partial charge on any atom is 0.0631 e. The average Bonchev–Trinajstić information content (AvgIpc) is 2.22. The van der Waals surface area contributed by atoms with Crippen LogP contribution < -0.4 is 5.32 Å². The second-order valence-corrected chi connectivity index (χ2v) is 8.57. The summed E-state index contributed by atoms with van der Waals surface area (Å²) >= 11 is 9.36. The van der Waals surface area contributed by atoms with Crippen molar-refractivity contribution in [3.8, 4) is 0 Å². The third kappa shape index (κ3) is 3.67. The van der Waals surface area contributed by atoms with Gasteiger partial charge in [0.15, 0.2) is 0 Å². The third-order valence-electron chi connectivity index (χ3n) is 3.15. The number of nitrogens with one attached hydrogen (secondary N) is 1. The Bertz CT molecular complexity index is 422. The van der Waals surface area contributed by atoms with E-state index in [0.29, 0.717) is 11.5 Å². The molecule has 1 heterocycles. The number of hydrogen-bond donors (Lipinski definition) is 1. The van der Waals surface area contributed by atoms with Gasteiger partial charge in [0.05, 0.1) is 5.69 Å². The Balaban J connectivity index is 2.14. The van der Waals surface area contributed by atoms with E-state index in [4.69, 9.17) is 0 Å². The van der Waals surface area contributed by atoms with Crippen LogP contribution in [0.2, 0.25) is 0 Å². The highest BCUT2D eigenvalue weighted by Gasteiger charge is 2.28. The predicted molar refractivity (Wildman–Crippen MR) is 89.7 cm³/mol. The molecule has 1 aliphatic rings. The van der Waals surface area contributed by atoms with Gasteiger partial charge in [0.25, 0.3) is 0 Å². The lowest BCUT2D eigenvalue weighted by Gasteiger charge is -2.36. The zero-order valence-electron chi connectivity index (χ0n) is 11.0. The van der Waals surface area contributed by atoms with Crippen molar-refractivity contribution >= 4 is 49.3 Å². The number of hydrogen-bond acceptors (Lipinski definition) is 2. The van der Waals surface area contributed by atoms with E-state index in [1.165, 1.54) is 29.2 Å². The highest BCUT2D eigenvalue weighted by molar-refractivity contribution is 9.11. The van der Waals surface area contributed by atoms with Crippen LogP contribution in [0, 0.1) is 12.3 Å². The second kappa shape index (κ2) is 5.76. The molecular weight excluding hydrogens is 374 g/mol. The van der Waals surface area contributed by atoms with Gasteiger partial charge in [0.2, 0.25) is 0 Å². The molecule has 18 heavy (non-hydrogen) atoms. The molecule has 4 heteroatoms. The van der Waals surface area contributed by atoms with Gasteiger partial charge in [0.1, 0.15) is 0 Å². The van der Waals surface area contributed by atoms with Crippen LogP contribution in [0.25, 0.3) is 0 Å². The molecule has 1 aliphatic heterocycles. The molecule has 1 aromatic carbocycles. The summed E-state index contributed by atoms with van der Waals surface area (Å²) in [4.78, 5) is 0. The SMILES string of the molecule is Cc1cc(Br)c(NC2CSCC(C)(C)C2)c(Br)c1. The van der Waals surface area contributed by atoms with Crippen LogP contribution in [-0.4, -0.2) is 17.5 Å². The number of benzene rings is 1. The molecule has 1 saturated heterocycles. The molecule has 100 valence electrons. The van der Waals surface area contributed by atoms with Gasteiger partial charge in [-0.15, -0.1) is 0 Å². The van der Waals surface area contributed by atoms with E-state index in [9.17, 15) is 0 Å². The van der Waals surface area contributed by atoms with Crippen LogP contribution in [0.4, 0.5) is 5.69 Å². The highest BCUT2D eigenvalue weighted by atomic mass is 79.9. The van der Waals surface area contributed by atoms with E-state index in [1.54, 1.807) is 0 Å². The van der Waals surface area contributed by atoms with E-state index in [0.717, 1.165) is 8.95 Å². The van der Waals surface area contributed by atoms with Gasteiger partial charge in [-0.1, -0.05) is 13.8 Å². The van der Waals surface area contributed by atoms with E-state index >= 15 is 0 Å². The first-order valence-corrected chi connectivity index (χ1v) is 8.91. The monoisotopic (exact) mass is 391 g/mol. The van der Waals surface area contributed by atoms with Crippen LogP contribution in [0.15, 0.2) is 21.1 Å². The number of rotatable bonds is 2. The molecule has 1 nitrogen and oxygen atoms in total. The lowest BCUT2D eigenvalue weighted by atomic mass is 9.88. The summed E-state index contributed by atoms with van der Waals surface area (Å²) in [6.07, 6.45) is 1.23. The molecule has 1 unspecified atom stereocenters. The van der Waals surface area contributed by atoms with Crippen LogP contribution in [0.5, 0.6) is 0 Å². The molecule has 0 radical (unpaired) electrons. The van der Waals surface area contributed by atoms with Gasteiger partial charge in [-0.25, -0.2) is 0 Å². The van der Waals surface area contributed by atoms with Gasteiger partial charge < -0.3 is 5.32 Å². The first-order valence-electron chi connectivity index (χ1n) is 6.17. The topological polar surface area (TPSA) is 12.0 Å². The molecule has 0 aliphatic carbocycles. The first-order chi connectivity index (χ1) is 8.37. The molecule has 0 aromatic heterocycles. The van der Waals surface area contributed by atoms with Gasteiger partial charge in [0, 0.05) is 20.7 Å². The molecule has 0 bridgehead atoms. The maximum atomic E-state index is 3.69. The van der Waals surface area contributed by atoms with E-state index in [2.05, 4.69) is 81.8 Å². The van der Waals surface area contributed by atoms with Gasteiger partial charge in [-0.3, -0.25) is 0 Å². The number of thioether (sulfide) groups is 1. The van der Waals surface area contributed by atoms with Crippen molar-refractivity contribution in [2.24, 2.45) is 5.41 Å². The molecule has 0 spiro atoms. The minimum absolute atomic E-state index is 0.435. The van der Waals surface area contributed by atoms with Crippen molar-refractivity contribution in [1.29, 1.82) is 0 Å². The predicted octanol–water partition coefficient (Wildman–Crippen LogP) is 5.46. The van der Waals surface area contributed by atoms with Crippen molar-refractivity contribution < 1.29 is 0 Å². The van der Waals surface area contributed by atoms with Crippen molar-refractivity contribution in [3.63, 3.8) is 0 Å². The van der Waals surface area contributed by atoms with Crippen molar-refractivity contribution in [1.82, 2.24) is 0 Å². The Kier molecular flexibility index (Phi) is 4.71. The summed E-state index contributed by atoms with van der Waals surface area (Å²) in [6.45, 7) is 6.82. The Morgan fingerprint density at radius 2 is 1.89 bits per heavy atom. The zero-order valence-corrected chi connectivity index (χ0v) is 15.0. The van der Waals surface area contributed by atoms with E-state index in [1.807, 2.05) is 0 Å². The fourth-order valence-electron chi connectivity index (χ4n) is 2.40. The molecule has 0 saturated carbocycles. The summed E-state index contributed by atoms with van der Waals surface area (Å²) in [6, 6.07) is 4.87. The molecule has 1 atom stereocenters.